The van der Waals surface area contributed by atoms with Gasteiger partial charge in [0.2, 0.25) is 0 Å². The number of aryl methyl sites for hydroxylation is 1. The second-order valence-corrected chi connectivity index (χ2v) is 4.60. The van der Waals surface area contributed by atoms with Crippen molar-refractivity contribution in [2.45, 2.75) is 33.4 Å². The number of nitrogens with one attached hydrogen (secondary N) is 1. The fourth-order valence-electron chi connectivity index (χ4n) is 2.22. The summed E-state index contributed by atoms with van der Waals surface area (Å²) in [4.78, 5) is 0. The van der Waals surface area contributed by atoms with Gasteiger partial charge in [0.25, 0.3) is 0 Å². The molecule has 0 amide bonds. The molecule has 2 aromatic rings. The Bertz CT molecular complexity index is 514. The molecule has 18 heavy (non-hydrogen) atoms. The summed E-state index contributed by atoms with van der Waals surface area (Å²) in [6.45, 7) is 6.20. The molecule has 0 fully saturated rings. The van der Waals surface area contributed by atoms with Crippen molar-refractivity contribution < 1.29 is 0 Å². The maximum absolute atomic E-state index is 4.46. The molecule has 0 radical (unpaired) electrons. The summed E-state index contributed by atoms with van der Waals surface area (Å²) >= 11 is 0. The number of benzene rings is 1. The van der Waals surface area contributed by atoms with Crippen LogP contribution in [0.15, 0.2) is 30.5 Å². The quantitative estimate of drug-likeness (QED) is 0.875. The van der Waals surface area contributed by atoms with E-state index in [-0.39, 0.29) is 0 Å². The predicted molar refractivity (Wildman–Crippen MR) is 75.5 cm³/mol. The van der Waals surface area contributed by atoms with Gasteiger partial charge in [0.1, 0.15) is 0 Å². The highest BCUT2D eigenvalue weighted by Crippen LogP contribution is 2.24. The molecule has 1 aromatic heterocycles. The minimum absolute atomic E-state index is 0.899. The first-order chi connectivity index (χ1) is 8.76. The van der Waals surface area contributed by atoms with Gasteiger partial charge in [-0.3, -0.25) is 4.68 Å². The molecule has 0 bridgehead atoms. The molecule has 96 valence electrons. The third-order valence-corrected chi connectivity index (χ3v) is 3.16. The Morgan fingerprint density at radius 3 is 2.89 bits per heavy atom. The second kappa shape index (κ2) is 5.83. The first kappa shape index (κ1) is 12.8. The molecule has 0 atom stereocenters. The summed E-state index contributed by atoms with van der Waals surface area (Å²) in [5.74, 6) is 0. The maximum Gasteiger partial charge on any atom is 0.0571 e. The van der Waals surface area contributed by atoms with Gasteiger partial charge in [-0.15, -0.1) is 0 Å². The molecule has 0 saturated heterocycles. The van der Waals surface area contributed by atoms with Gasteiger partial charge in [0.05, 0.1) is 6.20 Å². The van der Waals surface area contributed by atoms with Crippen LogP contribution in [0.1, 0.15) is 24.6 Å². The van der Waals surface area contributed by atoms with E-state index in [2.05, 4.69) is 53.2 Å². The van der Waals surface area contributed by atoms with E-state index < -0.39 is 0 Å². The summed E-state index contributed by atoms with van der Waals surface area (Å²) in [5.41, 5.74) is 5.04. The van der Waals surface area contributed by atoms with E-state index in [1.54, 1.807) is 0 Å². The van der Waals surface area contributed by atoms with Crippen molar-refractivity contribution in [3.63, 3.8) is 0 Å². The van der Waals surface area contributed by atoms with E-state index in [9.17, 15) is 0 Å². The third-order valence-electron chi connectivity index (χ3n) is 3.16. The molecule has 0 aliphatic rings. The topological polar surface area (TPSA) is 29.9 Å². The van der Waals surface area contributed by atoms with Crippen LogP contribution < -0.4 is 5.32 Å². The van der Waals surface area contributed by atoms with Crippen molar-refractivity contribution in [2.24, 2.45) is 0 Å². The maximum atomic E-state index is 4.46. The molecule has 3 nitrogen and oxygen atoms in total. The fraction of sp³-hybridized carbons (Fsp3) is 0.400. The van der Waals surface area contributed by atoms with Crippen molar-refractivity contribution in [3.8, 4) is 11.1 Å². The molecule has 0 aliphatic carbocycles. The van der Waals surface area contributed by atoms with Crippen LogP contribution in [0.2, 0.25) is 0 Å². The molecule has 1 aromatic carbocycles. The van der Waals surface area contributed by atoms with Crippen LogP contribution >= 0.6 is 0 Å². The van der Waals surface area contributed by atoms with Gasteiger partial charge in [-0.1, -0.05) is 25.1 Å². The van der Waals surface area contributed by atoms with E-state index in [1.165, 1.54) is 22.4 Å². The van der Waals surface area contributed by atoms with E-state index in [0.717, 1.165) is 19.5 Å². The monoisotopic (exact) mass is 243 g/mol. The number of rotatable bonds is 5. The Hall–Kier alpha value is -1.61. The van der Waals surface area contributed by atoms with Gasteiger partial charge in [-0.25, -0.2) is 0 Å². The SMILES string of the molecule is CCCn1ncc(-c2cccc(CNC)c2)c1C. The first-order valence-electron chi connectivity index (χ1n) is 6.52. The average Bonchev–Trinajstić information content (AvgIpc) is 2.73. The molecular formula is C15H21N3. The zero-order chi connectivity index (χ0) is 13.0. The van der Waals surface area contributed by atoms with Crippen molar-refractivity contribution in [1.29, 1.82) is 0 Å². The van der Waals surface area contributed by atoms with E-state index in [1.807, 2.05) is 13.2 Å². The summed E-state index contributed by atoms with van der Waals surface area (Å²) in [6.07, 6.45) is 3.09. The average molecular weight is 243 g/mol. The van der Waals surface area contributed by atoms with Crippen LogP contribution in [0, 0.1) is 6.92 Å². The molecule has 0 unspecified atom stereocenters. The van der Waals surface area contributed by atoms with Crippen LogP contribution in [-0.2, 0) is 13.1 Å². The Kier molecular flexibility index (Phi) is 4.15. The van der Waals surface area contributed by atoms with E-state index in [4.69, 9.17) is 0 Å². The lowest BCUT2D eigenvalue weighted by Crippen LogP contribution is -2.04. The lowest BCUT2D eigenvalue weighted by atomic mass is 10.0. The predicted octanol–water partition coefficient (Wildman–Crippen LogP) is 2.99. The van der Waals surface area contributed by atoms with Gasteiger partial charge in [0.15, 0.2) is 0 Å². The van der Waals surface area contributed by atoms with Crippen LogP contribution in [0.4, 0.5) is 0 Å². The van der Waals surface area contributed by atoms with Gasteiger partial charge in [-0.2, -0.15) is 5.10 Å². The minimum atomic E-state index is 0.899. The highest BCUT2D eigenvalue weighted by Gasteiger charge is 2.08. The van der Waals surface area contributed by atoms with Crippen LogP contribution in [-0.4, -0.2) is 16.8 Å². The summed E-state index contributed by atoms with van der Waals surface area (Å²) < 4.78 is 2.08. The van der Waals surface area contributed by atoms with Crippen LogP contribution in [0.5, 0.6) is 0 Å². The Balaban J connectivity index is 2.33. The van der Waals surface area contributed by atoms with E-state index in [0.29, 0.717) is 0 Å². The van der Waals surface area contributed by atoms with Gasteiger partial charge in [0, 0.05) is 24.3 Å². The zero-order valence-corrected chi connectivity index (χ0v) is 11.4. The molecule has 0 spiro atoms. The summed E-state index contributed by atoms with van der Waals surface area (Å²) in [7, 11) is 1.97. The van der Waals surface area contributed by atoms with Crippen molar-refractivity contribution in [3.05, 3.63) is 41.7 Å². The fourth-order valence-corrected chi connectivity index (χ4v) is 2.22. The molecule has 0 aliphatic heterocycles. The number of hydrogen-bond donors (Lipinski definition) is 1. The molecule has 0 saturated carbocycles. The summed E-state index contributed by atoms with van der Waals surface area (Å²) in [6, 6.07) is 8.64. The molecule has 2 rings (SSSR count). The lowest BCUT2D eigenvalue weighted by Gasteiger charge is -2.06. The van der Waals surface area contributed by atoms with Crippen LogP contribution in [0.3, 0.4) is 0 Å². The molecule has 3 heteroatoms. The molecular weight excluding hydrogens is 222 g/mol. The molecule has 1 heterocycles. The Morgan fingerprint density at radius 1 is 1.33 bits per heavy atom. The zero-order valence-electron chi connectivity index (χ0n) is 11.4. The highest BCUT2D eigenvalue weighted by molar-refractivity contribution is 5.65. The second-order valence-electron chi connectivity index (χ2n) is 4.60. The number of aromatic nitrogens is 2. The van der Waals surface area contributed by atoms with Crippen molar-refractivity contribution >= 4 is 0 Å². The smallest absolute Gasteiger partial charge is 0.0571 e. The van der Waals surface area contributed by atoms with Crippen molar-refractivity contribution in [2.75, 3.05) is 7.05 Å². The minimum Gasteiger partial charge on any atom is -0.316 e. The number of nitrogens with zero attached hydrogens (tertiary/aromatic N) is 2. The van der Waals surface area contributed by atoms with Gasteiger partial charge in [-0.05, 0) is 37.6 Å². The van der Waals surface area contributed by atoms with Crippen LogP contribution in [0.25, 0.3) is 11.1 Å². The van der Waals surface area contributed by atoms with Crippen molar-refractivity contribution in [1.82, 2.24) is 15.1 Å². The standard InChI is InChI=1S/C15H21N3/c1-4-8-18-12(2)15(11-17-18)14-7-5-6-13(9-14)10-16-3/h5-7,9,11,16H,4,8,10H2,1-3H3. The Labute approximate surface area is 109 Å². The van der Waals surface area contributed by atoms with E-state index >= 15 is 0 Å². The highest BCUT2D eigenvalue weighted by atomic mass is 15.3. The third kappa shape index (κ3) is 2.62. The largest absolute Gasteiger partial charge is 0.316 e. The molecule has 1 N–H and O–H groups in total. The first-order valence-corrected chi connectivity index (χ1v) is 6.52. The lowest BCUT2D eigenvalue weighted by molar-refractivity contribution is 0.587. The normalized spacial score (nSPS) is 10.8. The summed E-state index contributed by atoms with van der Waals surface area (Å²) in [5, 5.41) is 7.64. The Morgan fingerprint density at radius 2 is 2.17 bits per heavy atom. The van der Waals surface area contributed by atoms with Gasteiger partial charge >= 0.3 is 0 Å². The van der Waals surface area contributed by atoms with Gasteiger partial charge < -0.3 is 5.32 Å². The number of hydrogen-bond acceptors (Lipinski definition) is 2.